The van der Waals surface area contributed by atoms with E-state index in [-0.39, 0.29) is 11.8 Å². The quantitative estimate of drug-likeness (QED) is 0.208. The van der Waals surface area contributed by atoms with Crippen molar-refractivity contribution in [1.29, 1.82) is 0 Å². The maximum atomic E-state index is 14.2. The van der Waals surface area contributed by atoms with Crippen molar-refractivity contribution in [1.82, 2.24) is 15.2 Å². The molecule has 8 nitrogen and oxygen atoms in total. The Morgan fingerprint density at radius 3 is 2.75 bits per heavy atom. The number of nitrogens with zero attached hydrogens (tertiary/aromatic N) is 2. The highest BCUT2D eigenvalue weighted by Crippen LogP contribution is 2.32. The SMILES string of the molecule is CNC(C=O)C(=O)C(Cc1c[nH]c2ccc(F)c([N+](=O)[O-])c12)N(C)Cc1cccc(Cl)c1. The van der Waals surface area contributed by atoms with Gasteiger partial charge < -0.3 is 15.1 Å². The summed E-state index contributed by atoms with van der Waals surface area (Å²) in [5.74, 6) is -1.36. The van der Waals surface area contributed by atoms with Gasteiger partial charge in [0, 0.05) is 17.8 Å². The van der Waals surface area contributed by atoms with E-state index in [9.17, 15) is 24.1 Å². The molecular formula is C22H22ClFN4O4. The van der Waals surface area contributed by atoms with Gasteiger partial charge >= 0.3 is 5.69 Å². The molecule has 3 aromatic rings. The number of nitro benzene ring substituents is 1. The van der Waals surface area contributed by atoms with Gasteiger partial charge in [-0.05, 0) is 55.9 Å². The first kappa shape index (κ1) is 23.5. The van der Waals surface area contributed by atoms with E-state index in [1.165, 1.54) is 19.3 Å². The van der Waals surface area contributed by atoms with Gasteiger partial charge in [-0.3, -0.25) is 19.8 Å². The number of nitrogens with one attached hydrogen (secondary N) is 2. The number of likely N-dealkylation sites (N-methyl/N-ethyl adjacent to an activating group) is 2. The molecule has 32 heavy (non-hydrogen) atoms. The first-order valence-electron chi connectivity index (χ1n) is 9.80. The molecule has 0 saturated carbocycles. The van der Waals surface area contributed by atoms with Crippen molar-refractivity contribution in [3.63, 3.8) is 0 Å². The van der Waals surface area contributed by atoms with Crippen molar-refractivity contribution in [2.45, 2.75) is 25.0 Å². The van der Waals surface area contributed by atoms with Crippen LogP contribution in [-0.4, -0.2) is 53.1 Å². The maximum Gasteiger partial charge on any atom is 0.314 e. The van der Waals surface area contributed by atoms with Crippen LogP contribution in [0.1, 0.15) is 11.1 Å². The van der Waals surface area contributed by atoms with E-state index in [0.29, 0.717) is 28.9 Å². The normalized spacial score (nSPS) is 13.3. The van der Waals surface area contributed by atoms with Gasteiger partial charge in [0.2, 0.25) is 5.82 Å². The Balaban J connectivity index is 2.02. The van der Waals surface area contributed by atoms with Crippen molar-refractivity contribution < 1.29 is 18.9 Å². The lowest BCUT2D eigenvalue weighted by atomic mass is 9.96. The van der Waals surface area contributed by atoms with Crippen LogP contribution in [0.25, 0.3) is 10.9 Å². The molecule has 0 aliphatic heterocycles. The molecule has 0 fully saturated rings. The first-order chi connectivity index (χ1) is 15.3. The van der Waals surface area contributed by atoms with Crippen molar-refractivity contribution in [2.24, 2.45) is 0 Å². The zero-order chi connectivity index (χ0) is 23.4. The van der Waals surface area contributed by atoms with Crippen LogP contribution in [0.4, 0.5) is 10.1 Å². The zero-order valence-corrected chi connectivity index (χ0v) is 18.2. The summed E-state index contributed by atoms with van der Waals surface area (Å²) in [5.41, 5.74) is 0.990. The van der Waals surface area contributed by atoms with Gasteiger partial charge in [-0.15, -0.1) is 0 Å². The van der Waals surface area contributed by atoms with Crippen molar-refractivity contribution >= 4 is 40.3 Å². The average molecular weight is 461 g/mol. The number of benzene rings is 2. The molecular weight excluding hydrogens is 439 g/mol. The molecule has 2 atom stereocenters. The number of carbonyl (C=O) groups is 2. The fourth-order valence-electron chi connectivity index (χ4n) is 3.79. The second kappa shape index (κ2) is 9.99. The van der Waals surface area contributed by atoms with Crippen LogP contribution in [-0.2, 0) is 22.6 Å². The van der Waals surface area contributed by atoms with E-state index in [2.05, 4.69) is 10.3 Å². The van der Waals surface area contributed by atoms with Gasteiger partial charge in [0.05, 0.1) is 21.9 Å². The summed E-state index contributed by atoms with van der Waals surface area (Å²) < 4.78 is 14.2. The second-order valence-corrected chi connectivity index (χ2v) is 7.90. The molecule has 0 aliphatic rings. The number of nitro groups is 1. The number of H-pyrrole nitrogens is 1. The minimum Gasteiger partial charge on any atom is -0.361 e. The number of aromatic amines is 1. The van der Waals surface area contributed by atoms with E-state index in [0.717, 1.165) is 11.6 Å². The largest absolute Gasteiger partial charge is 0.361 e. The Kier molecular flexibility index (Phi) is 7.34. The third kappa shape index (κ3) is 4.85. The molecule has 0 amide bonds. The lowest BCUT2D eigenvalue weighted by Crippen LogP contribution is -2.49. The van der Waals surface area contributed by atoms with E-state index < -0.39 is 34.3 Å². The van der Waals surface area contributed by atoms with Crippen LogP contribution in [0, 0.1) is 15.9 Å². The summed E-state index contributed by atoms with van der Waals surface area (Å²) in [7, 11) is 3.21. The number of hydrogen-bond acceptors (Lipinski definition) is 6. The molecule has 168 valence electrons. The number of rotatable bonds is 10. The van der Waals surface area contributed by atoms with Gasteiger partial charge in [-0.1, -0.05) is 23.7 Å². The minimum atomic E-state index is -1.06. The molecule has 1 heterocycles. The number of Topliss-reactive ketones (excluding diaryl/α,β-unsaturated/α-hetero) is 1. The lowest BCUT2D eigenvalue weighted by Gasteiger charge is -2.28. The van der Waals surface area contributed by atoms with Crippen LogP contribution in [0.5, 0.6) is 0 Å². The Morgan fingerprint density at radius 1 is 1.38 bits per heavy atom. The zero-order valence-electron chi connectivity index (χ0n) is 17.5. The van der Waals surface area contributed by atoms with Crippen molar-refractivity contribution in [3.05, 3.63) is 74.7 Å². The maximum absolute atomic E-state index is 14.2. The third-order valence-electron chi connectivity index (χ3n) is 5.38. The fourth-order valence-corrected chi connectivity index (χ4v) is 4.00. The number of carbonyl (C=O) groups excluding carboxylic acids is 2. The Labute approximate surface area is 188 Å². The Bertz CT molecular complexity index is 1170. The molecule has 2 N–H and O–H groups in total. The van der Waals surface area contributed by atoms with Crippen LogP contribution >= 0.6 is 11.6 Å². The first-order valence-corrected chi connectivity index (χ1v) is 10.2. The smallest absolute Gasteiger partial charge is 0.314 e. The molecule has 0 bridgehead atoms. The van der Waals surface area contributed by atoms with Crippen LogP contribution in [0.2, 0.25) is 5.02 Å². The molecule has 2 aromatic carbocycles. The fraction of sp³-hybridized carbons (Fsp3) is 0.273. The van der Waals surface area contributed by atoms with Crippen molar-refractivity contribution in [2.75, 3.05) is 14.1 Å². The topological polar surface area (TPSA) is 108 Å². The van der Waals surface area contributed by atoms with Crippen molar-refractivity contribution in [3.8, 4) is 0 Å². The summed E-state index contributed by atoms with van der Waals surface area (Å²) in [6, 6.07) is 7.70. The van der Waals surface area contributed by atoms with Crippen LogP contribution in [0.3, 0.4) is 0 Å². The number of fused-ring (bicyclic) bond motifs is 1. The highest BCUT2D eigenvalue weighted by molar-refractivity contribution is 6.30. The minimum absolute atomic E-state index is 0.0339. The Morgan fingerprint density at radius 2 is 2.12 bits per heavy atom. The summed E-state index contributed by atoms with van der Waals surface area (Å²) in [6.45, 7) is 0.338. The van der Waals surface area contributed by atoms with Gasteiger partial charge in [-0.2, -0.15) is 4.39 Å². The van der Waals surface area contributed by atoms with E-state index in [4.69, 9.17) is 11.6 Å². The highest BCUT2D eigenvalue weighted by Gasteiger charge is 2.32. The lowest BCUT2D eigenvalue weighted by molar-refractivity contribution is -0.385. The second-order valence-electron chi connectivity index (χ2n) is 7.46. The predicted octanol–water partition coefficient (Wildman–Crippen LogP) is 3.27. The van der Waals surface area contributed by atoms with Gasteiger partial charge in [0.15, 0.2) is 5.78 Å². The van der Waals surface area contributed by atoms with Gasteiger partial charge in [-0.25, -0.2) is 0 Å². The number of ketones is 1. The predicted molar refractivity (Wildman–Crippen MR) is 119 cm³/mol. The van der Waals surface area contributed by atoms with E-state index >= 15 is 0 Å². The number of halogens is 2. The van der Waals surface area contributed by atoms with Crippen LogP contribution < -0.4 is 5.32 Å². The van der Waals surface area contributed by atoms with E-state index in [1.54, 1.807) is 30.1 Å². The molecule has 0 aliphatic carbocycles. The number of aromatic nitrogens is 1. The summed E-state index contributed by atoms with van der Waals surface area (Å²) >= 11 is 6.06. The summed E-state index contributed by atoms with van der Waals surface area (Å²) in [5, 5.41) is 14.8. The average Bonchev–Trinajstić information content (AvgIpc) is 3.14. The molecule has 0 saturated heterocycles. The third-order valence-corrected chi connectivity index (χ3v) is 5.62. The summed E-state index contributed by atoms with van der Waals surface area (Å²) in [4.78, 5) is 40.0. The molecule has 0 radical (unpaired) electrons. The van der Waals surface area contributed by atoms with Gasteiger partial charge in [0.1, 0.15) is 12.3 Å². The summed E-state index contributed by atoms with van der Waals surface area (Å²) in [6.07, 6.45) is 2.08. The number of aldehydes is 1. The Hall–Kier alpha value is -3.14. The highest BCUT2D eigenvalue weighted by atomic mass is 35.5. The van der Waals surface area contributed by atoms with Gasteiger partial charge in [0.25, 0.3) is 0 Å². The number of hydrogen-bond donors (Lipinski definition) is 2. The van der Waals surface area contributed by atoms with E-state index in [1.807, 2.05) is 6.07 Å². The molecule has 3 rings (SSSR count). The molecule has 2 unspecified atom stereocenters. The molecule has 1 aromatic heterocycles. The van der Waals surface area contributed by atoms with Crippen LogP contribution in [0.15, 0.2) is 42.6 Å². The molecule has 10 heteroatoms. The monoisotopic (exact) mass is 460 g/mol. The molecule has 0 spiro atoms. The standard InChI is InChI=1S/C22H22ClFN4O4/c1-25-18(12-29)22(30)19(27(2)11-13-4-3-5-15(23)8-13)9-14-10-26-17-7-6-16(24)21(20(14)17)28(31)32/h3-8,10,12,18-19,25-26H,9,11H2,1-2H3.